The number of urea groups is 1. The first-order valence-corrected chi connectivity index (χ1v) is 11.9. The largest absolute Gasteiger partial charge is 0.348 e. The second-order valence-corrected chi connectivity index (χ2v) is 9.02. The van der Waals surface area contributed by atoms with Crippen LogP contribution in [0.5, 0.6) is 0 Å². The van der Waals surface area contributed by atoms with Crippen LogP contribution in [0.2, 0.25) is 0 Å². The number of aromatic nitrogens is 2. The van der Waals surface area contributed by atoms with Gasteiger partial charge in [-0.2, -0.15) is 0 Å². The predicted molar refractivity (Wildman–Crippen MR) is 140 cm³/mol. The fourth-order valence-electron chi connectivity index (χ4n) is 4.49. The molecule has 5 rings (SSSR count). The minimum Gasteiger partial charge on any atom is -0.348 e. The Morgan fingerprint density at radius 1 is 0.914 bits per heavy atom. The highest BCUT2D eigenvalue weighted by molar-refractivity contribution is 5.90. The number of rotatable bonds is 4. The van der Waals surface area contributed by atoms with E-state index in [1.165, 1.54) is 0 Å². The molecule has 0 bridgehead atoms. The van der Waals surface area contributed by atoms with Crippen molar-refractivity contribution in [3.8, 4) is 0 Å². The Balaban J connectivity index is 1.36. The van der Waals surface area contributed by atoms with E-state index in [0.717, 1.165) is 33.4 Å². The molecule has 1 aromatic heterocycles. The van der Waals surface area contributed by atoms with E-state index in [1.807, 2.05) is 91.5 Å². The minimum atomic E-state index is -0.119. The van der Waals surface area contributed by atoms with Gasteiger partial charge in [-0.15, -0.1) is 0 Å². The lowest BCUT2D eigenvalue weighted by Gasteiger charge is -2.35. The van der Waals surface area contributed by atoms with E-state index >= 15 is 0 Å². The summed E-state index contributed by atoms with van der Waals surface area (Å²) in [4.78, 5) is 35.0. The number of carbonyl (C=O) groups excluding carboxylic acids is 1. The molecule has 3 aromatic carbocycles. The number of nitrogens with one attached hydrogen (secondary N) is 1. The lowest BCUT2D eigenvalue weighted by Crippen LogP contribution is -2.51. The smallest absolute Gasteiger partial charge is 0.321 e. The zero-order valence-corrected chi connectivity index (χ0v) is 20.1. The van der Waals surface area contributed by atoms with Gasteiger partial charge < -0.3 is 15.1 Å². The van der Waals surface area contributed by atoms with E-state index in [-0.39, 0.29) is 11.6 Å². The maximum Gasteiger partial charge on any atom is 0.321 e. The van der Waals surface area contributed by atoms with Gasteiger partial charge in [-0.25, -0.2) is 9.78 Å². The van der Waals surface area contributed by atoms with Gasteiger partial charge in [-0.05, 0) is 48.7 Å². The van der Waals surface area contributed by atoms with Gasteiger partial charge in [0.15, 0.2) is 5.82 Å². The molecule has 0 saturated carbocycles. The molecule has 178 valence electrons. The third-order valence-electron chi connectivity index (χ3n) is 6.52. The SMILES string of the molecule is Cc1ccc(C)c(NC(=O)N2CCN(c3nc4ccccc4n(Cc4ccccc4)c3=O)CC2)c1. The average molecular weight is 468 g/mol. The molecule has 1 fully saturated rings. The first kappa shape index (κ1) is 22.7. The molecule has 0 aliphatic carbocycles. The Morgan fingerprint density at radius 3 is 2.40 bits per heavy atom. The van der Waals surface area contributed by atoms with E-state index in [2.05, 4.69) is 5.32 Å². The number of carbonyl (C=O) groups is 1. The molecule has 0 unspecified atom stereocenters. The summed E-state index contributed by atoms with van der Waals surface area (Å²) in [5, 5.41) is 3.03. The third-order valence-corrected chi connectivity index (χ3v) is 6.52. The van der Waals surface area contributed by atoms with Crippen LogP contribution in [0.15, 0.2) is 77.6 Å². The van der Waals surface area contributed by atoms with E-state index in [1.54, 1.807) is 9.47 Å². The summed E-state index contributed by atoms with van der Waals surface area (Å²) in [7, 11) is 0. The summed E-state index contributed by atoms with van der Waals surface area (Å²) < 4.78 is 1.80. The van der Waals surface area contributed by atoms with Gasteiger partial charge in [-0.3, -0.25) is 9.36 Å². The van der Waals surface area contributed by atoms with Crippen molar-refractivity contribution in [3.63, 3.8) is 0 Å². The lowest BCUT2D eigenvalue weighted by molar-refractivity contribution is 0.208. The standard InChI is InChI=1S/C28H29N5O2/c1-20-12-13-21(2)24(18-20)30-28(35)32-16-14-31(15-17-32)26-27(34)33(19-22-8-4-3-5-9-22)25-11-7-6-10-23(25)29-26/h3-13,18H,14-17,19H2,1-2H3,(H,30,35). The monoisotopic (exact) mass is 467 g/mol. The zero-order chi connectivity index (χ0) is 24.4. The molecule has 2 heterocycles. The Bertz CT molecular complexity index is 1420. The van der Waals surface area contributed by atoms with Crippen LogP contribution < -0.4 is 15.8 Å². The van der Waals surface area contributed by atoms with Crippen molar-refractivity contribution >= 4 is 28.6 Å². The first-order valence-electron chi connectivity index (χ1n) is 11.9. The summed E-state index contributed by atoms with van der Waals surface area (Å²) in [5.74, 6) is 0.439. The normalized spacial score (nSPS) is 13.8. The number of amides is 2. The average Bonchev–Trinajstić information content (AvgIpc) is 2.88. The molecular weight excluding hydrogens is 438 g/mol. The molecule has 0 radical (unpaired) electrons. The molecule has 0 atom stereocenters. The van der Waals surface area contributed by atoms with Gasteiger partial charge in [-0.1, -0.05) is 54.6 Å². The van der Waals surface area contributed by atoms with Crippen LogP contribution >= 0.6 is 0 Å². The van der Waals surface area contributed by atoms with Crippen molar-refractivity contribution in [2.75, 3.05) is 36.4 Å². The number of benzene rings is 3. The van der Waals surface area contributed by atoms with Gasteiger partial charge in [0.05, 0.1) is 17.6 Å². The van der Waals surface area contributed by atoms with Gasteiger partial charge >= 0.3 is 6.03 Å². The predicted octanol–water partition coefficient (Wildman–Crippen LogP) is 4.42. The molecule has 0 spiro atoms. The Morgan fingerprint density at radius 2 is 1.63 bits per heavy atom. The Hall–Kier alpha value is -4.13. The van der Waals surface area contributed by atoms with Crippen molar-refractivity contribution in [2.45, 2.75) is 20.4 Å². The lowest BCUT2D eigenvalue weighted by atomic mass is 10.1. The maximum atomic E-state index is 13.6. The number of aryl methyl sites for hydroxylation is 2. The zero-order valence-electron chi connectivity index (χ0n) is 20.1. The molecule has 4 aromatic rings. The van der Waals surface area contributed by atoms with Gasteiger partial charge in [0.2, 0.25) is 0 Å². The molecule has 1 aliphatic rings. The van der Waals surface area contributed by atoms with Crippen LogP contribution in [0.25, 0.3) is 11.0 Å². The summed E-state index contributed by atoms with van der Waals surface area (Å²) in [6.45, 7) is 6.60. The van der Waals surface area contributed by atoms with Crippen LogP contribution in [0.4, 0.5) is 16.3 Å². The summed E-state index contributed by atoms with van der Waals surface area (Å²) in [6.07, 6.45) is 0. The number of fused-ring (bicyclic) bond motifs is 1. The highest BCUT2D eigenvalue weighted by atomic mass is 16.2. The van der Waals surface area contributed by atoms with Crippen molar-refractivity contribution in [1.29, 1.82) is 0 Å². The van der Waals surface area contributed by atoms with Crippen LogP contribution in [-0.4, -0.2) is 46.7 Å². The summed E-state index contributed by atoms with van der Waals surface area (Å²) >= 11 is 0. The first-order chi connectivity index (χ1) is 17.0. The van der Waals surface area contributed by atoms with Crippen molar-refractivity contribution in [1.82, 2.24) is 14.5 Å². The molecule has 1 saturated heterocycles. The van der Waals surface area contributed by atoms with Crippen LogP contribution in [-0.2, 0) is 6.54 Å². The summed E-state index contributed by atoms with van der Waals surface area (Å²) in [6, 6.07) is 23.6. The molecule has 1 aliphatic heterocycles. The highest BCUT2D eigenvalue weighted by Crippen LogP contribution is 2.19. The Labute approximate surface area is 204 Å². The highest BCUT2D eigenvalue weighted by Gasteiger charge is 2.25. The molecule has 1 N–H and O–H groups in total. The Kier molecular flexibility index (Phi) is 6.23. The van der Waals surface area contributed by atoms with Crippen molar-refractivity contribution in [3.05, 3.63) is 99.8 Å². The molecule has 35 heavy (non-hydrogen) atoms. The number of para-hydroxylation sites is 2. The van der Waals surface area contributed by atoms with Crippen molar-refractivity contribution in [2.24, 2.45) is 0 Å². The van der Waals surface area contributed by atoms with Crippen LogP contribution in [0, 0.1) is 13.8 Å². The van der Waals surface area contributed by atoms with Crippen LogP contribution in [0.1, 0.15) is 16.7 Å². The molecular formula is C28H29N5O2. The second kappa shape index (κ2) is 9.62. The van der Waals surface area contributed by atoms with Crippen LogP contribution in [0.3, 0.4) is 0 Å². The number of hydrogen-bond donors (Lipinski definition) is 1. The summed E-state index contributed by atoms with van der Waals surface area (Å²) in [5.41, 5.74) is 5.51. The fraction of sp³-hybridized carbons (Fsp3) is 0.250. The van der Waals surface area contributed by atoms with Gasteiger partial charge in [0, 0.05) is 31.9 Å². The second-order valence-electron chi connectivity index (χ2n) is 9.02. The van der Waals surface area contributed by atoms with Gasteiger partial charge in [0.25, 0.3) is 5.56 Å². The third kappa shape index (κ3) is 4.75. The molecule has 2 amide bonds. The van der Waals surface area contributed by atoms with E-state index in [4.69, 9.17) is 4.98 Å². The topological polar surface area (TPSA) is 70.5 Å². The molecule has 7 nitrogen and oxygen atoms in total. The van der Waals surface area contributed by atoms with Crippen molar-refractivity contribution < 1.29 is 4.79 Å². The number of nitrogens with zero attached hydrogens (tertiary/aromatic N) is 4. The minimum absolute atomic E-state index is 0.110. The van der Waals surface area contributed by atoms with E-state index in [0.29, 0.717) is 38.5 Å². The number of anilines is 2. The molecule has 7 heteroatoms. The van der Waals surface area contributed by atoms with Gasteiger partial charge in [0.1, 0.15) is 0 Å². The quantitative estimate of drug-likeness (QED) is 0.483. The maximum absolute atomic E-state index is 13.6. The number of hydrogen-bond acceptors (Lipinski definition) is 4. The fourth-order valence-corrected chi connectivity index (χ4v) is 4.49. The number of piperazine rings is 1. The van der Waals surface area contributed by atoms with E-state index in [9.17, 15) is 9.59 Å². The van der Waals surface area contributed by atoms with E-state index < -0.39 is 0 Å².